The van der Waals surface area contributed by atoms with Crippen molar-refractivity contribution in [3.8, 4) is 5.75 Å². The second-order valence-electron chi connectivity index (χ2n) is 4.87. The molecule has 1 amide bonds. The molecular formula is C17H19NO5. The van der Waals surface area contributed by atoms with Crippen molar-refractivity contribution in [2.45, 2.75) is 13.3 Å². The summed E-state index contributed by atoms with van der Waals surface area (Å²) in [6, 6.07) is 10.8. The van der Waals surface area contributed by atoms with Gasteiger partial charge in [-0.1, -0.05) is 17.7 Å². The van der Waals surface area contributed by atoms with Crippen molar-refractivity contribution in [1.82, 2.24) is 5.32 Å². The van der Waals surface area contributed by atoms with E-state index in [0.717, 1.165) is 11.3 Å². The number of ether oxygens (including phenoxy) is 2. The van der Waals surface area contributed by atoms with Crippen LogP contribution in [0.2, 0.25) is 0 Å². The molecule has 122 valence electrons. The molecule has 2 rings (SSSR count). The smallest absolute Gasteiger partial charge is 0.307 e. The molecular weight excluding hydrogens is 298 g/mol. The lowest BCUT2D eigenvalue weighted by Crippen LogP contribution is -2.26. The van der Waals surface area contributed by atoms with Crippen LogP contribution in [-0.4, -0.2) is 31.6 Å². The molecule has 23 heavy (non-hydrogen) atoms. The lowest BCUT2D eigenvalue weighted by atomic mass is 10.2. The van der Waals surface area contributed by atoms with Gasteiger partial charge in [-0.2, -0.15) is 0 Å². The highest BCUT2D eigenvalue weighted by molar-refractivity contribution is 5.91. The largest absolute Gasteiger partial charge is 0.490 e. The van der Waals surface area contributed by atoms with Crippen molar-refractivity contribution >= 4 is 11.9 Å². The summed E-state index contributed by atoms with van der Waals surface area (Å²) in [4.78, 5) is 23.1. The fraction of sp³-hybridized carbons (Fsp3) is 0.294. The Balaban J connectivity index is 1.55. The first-order valence-electron chi connectivity index (χ1n) is 7.32. The second kappa shape index (κ2) is 8.63. The minimum Gasteiger partial charge on any atom is -0.490 e. The van der Waals surface area contributed by atoms with Crippen molar-refractivity contribution in [2.24, 2.45) is 0 Å². The van der Waals surface area contributed by atoms with Crippen molar-refractivity contribution in [3.63, 3.8) is 0 Å². The van der Waals surface area contributed by atoms with E-state index in [1.807, 2.05) is 31.2 Å². The Kier molecular flexibility index (Phi) is 6.23. The molecule has 0 spiro atoms. The van der Waals surface area contributed by atoms with Crippen molar-refractivity contribution in [2.75, 3.05) is 19.8 Å². The van der Waals surface area contributed by atoms with Gasteiger partial charge in [0, 0.05) is 6.54 Å². The highest BCUT2D eigenvalue weighted by Crippen LogP contribution is 2.10. The Bertz CT molecular complexity index is 619. The lowest BCUT2D eigenvalue weighted by Gasteiger charge is -2.08. The monoisotopic (exact) mass is 317 g/mol. The van der Waals surface area contributed by atoms with E-state index in [9.17, 15) is 9.59 Å². The van der Waals surface area contributed by atoms with Crippen LogP contribution in [0.3, 0.4) is 0 Å². The van der Waals surface area contributed by atoms with Crippen LogP contribution in [0.1, 0.15) is 22.5 Å². The number of nitrogens with one attached hydrogen (secondary N) is 1. The number of amides is 1. The number of furan rings is 1. The summed E-state index contributed by atoms with van der Waals surface area (Å²) in [5.41, 5.74) is 1.15. The molecule has 1 heterocycles. The number of benzene rings is 1. The topological polar surface area (TPSA) is 77.8 Å². The predicted octanol–water partition coefficient (Wildman–Crippen LogP) is 2.33. The summed E-state index contributed by atoms with van der Waals surface area (Å²) in [5.74, 6) is 0.199. The zero-order valence-corrected chi connectivity index (χ0v) is 12.9. The number of esters is 1. The van der Waals surface area contributed by atoms with Gasteiger partial charge in [-0.25, -0.2) is 0 Å². The molecule has 0 saturated heterocycles. The van der Waals surface area contributed by atoms with Crippen molar-refractivity contribution in [1.29, 1.82) is 0 Å². The van der Waals surface area contributed by atoms with Gasteiger partial charge in [0.15, 0.2) is 5.76 Å². The first kappa shape index (κ1) is 16.6. The lowest BCUT2D eigenvalue weighted by molar-refractivity contribution is -0.144. The van der Waals surface area contributed by atoms with Gasteiger partial charge in [0.2, 0.25) is 0 Å². The van der Waals surface area contributed by atoms with E-state index in [1.54, 1.807) is 12.1 Å². The van der Waals surface area contributed by atoms with E-state index in [1.165, 1.54) is 6.26 Å². The SMILES string of the molecule is Cc1ccc(OCCOC(=O)CCNC(=O)c2ccco2)cc1. The van der Waals surface area contributed by atoms with Crippen LogP contribution >= 0.6 is 0 Å². The van der Waals surface area contributed by atoms with Crippen LogP contribution < -0.4 is 10.1 Å². The van der Waals surface area contributed by atoms with E-state index in [0.29, 0.717) is 0 Å². The molecule has 0 bridgehead atoms. The molecule has 0 aliphatic heterocycles. The maximum Gasteiger partial charge on any atom is 0.307 e. The van der Waals surface area contributed by atoms with Gasteiger partial charge in [-0.3, -0.25) is 9.59 Å². The molecule has 0 radical (unpaired) electrons. The maximum atomic E-state index is 11.6. The third kappa shape index (κ3) is 5.86. The quantitative estimate of drug-likeness (QED) is 0.597. The van der Waals surface area contributed by atoms with Gasteiger partial charge in [-0.05, 0) is 31.2 Å². The van der Waals surface area contributed by atoms with Gasteiger partial charge < -0.3 is 19.2 Å². The minimum absolute atomic E-state index is 0.0942. The van der Waals surface area contributed by atoms with Crippen LogP contribution in [-0.2, 0) is 9.53 Å². The predicted molar refractivity (Wildman–Crippen MR) is 83.3 cm³/mol. The maximum absolute atomic E-state index is 11.6. The average Bonchev–Trinajstić information content (AvgIpc) is 3.08. The zero-order chi connectivity index (χ0) is 16.5. The Labute approximate surface area is 134 Å². The summed E-state index contributed by atoms with van der Waals surface area (Å²) < 4.78 is 15.4. The molecule has 1 aromatic carbocycles. The van der Waals surface area contributed by atoms with E-state index in [4.69, 9.17) is 13.9 Å². The first-order chi connectivity index (χ1) is 11.1. The Morgan fingerprint density at radius 3 is 2.61 bits per heavy atom. The highest BCUT2D eigenvalue weighted by Gasteiger charge is 2.09. The van der Waals surface area contributed by atoms with E-state index in [-0.39, 0.29) is 37.8 Å². The molecule has 1 N–H and O–H groups in total. The average molecular weight is 317 g/mol. The molecule has 2 aromatic rings. The number of hydrogen-bond donors (Lipinski definition) is 1. The third-order valence-electron chi connectivity index (χ3n) is 3.00. The van der Waals surface area contributed by atoms with Crippen LogP contribution in [0.25, 0.3) is 0 Å². The number of carbonyl (C=O) groups excluding carboxylic acids is 2. The first-order valence-corrected chi connectivity index (χ1v) is 7.32. The van der Waals surface area contributed by atoms with Crippen molar-refractivity contribution in [3.05, 3.63) is 54.0 Å². The Hall–Kier alpha value is -2.76. The van der Waals surface area contributed by atoms with Gasteiger partial charge in [0.25, 0.3) is 5.91 Å². The molecule has 0 atom stereocenters. The summed E-state index contributed by atoms with van der Waals surface area (Å²) in [6.45, 7) is 2.64. The molecule has 0 saturated carbocycles. The molecule has 6 nitrogen and oxygen atoms in total. The molecule has 0 unspecified atom stereocenters. The Morgan fingerprint density at radius 2 is 1.91 bits per heavy atom. The van der Waals surface area contributed by atoms with Crippen LogP contribution in [0.5, 0.6) is 5.75 Å². The van der Waals surface area contributed by atoms with Crippen LogP contribution in [0.4, 0.5) is 0 Å². The number of carbonyl (C=O) groups is 2. The number of aryl methyl sites for hydroxylation is 1. The van der Waals surface area contributed by atoms with Crippen LogP contribution in [0, 0.1) is 6.92 Å². The second-order valence-corrected chi connectivity index (χ2v) is 4.87. The molecule has 1 aromatic heterocycles. The van der Waals surface area contributed by atoms with E-state index in [2.05, 4.69) is 5.32 Å². The summed E-state index contributed by atoms with van der Waals surface area (Å²) in [5, 5.41) is 2.57. The number of hydrogen-bond acceptors (Lipinski definition) is 5. The normalized spacial score (nSPS) is 10.1. The molecule has 6 heteroatoms. The van der Waals surface area contributed by atoms with Crippen LogP contribution in [0.15, 0.2) is 47.1 Å². The molecule has 0 aliphatic rings. The Morgan fingerprint density at radius 1 is 1.13 bits per heavy atom. The summed E-state index contributed by atoms with van der Waals surface area (Å²) in [6.07, 6.45) is 1.51. The third-order valence-corrected chi connectivity index (χ3v) is 3.00. The highest BCUT2D eigenvalue weighted by atomic mass is 16.6. The van der Waals surface area contributed by atoms with Crippen molar-refractivity contribution < 1.29 is 23.5 Å². The van der Waals surface area contributed by atoms with E-state index < -0.39 is 5.97 Å². The molecule has 0 aliphatic carbocycles. The van der Waals surface area contributed by atoms with E-state index >= 15 is 0 Å². The van der Waals surface area contributed by atoms with Gasteiger partial charge in [-0.15, -0.1) is 0 Å². The summed E-state index contributed by atoms with van der Waals surface area (Å²) >= 11 is 0. The fourth-order valence-corrected chi connectivity index (χ4v) is 1.79. The van der Waals surface area contributed by atoms with Gasteiger partial charge in [0.1, 0.15) is 19.0 Å². The fourth-order valence-electron chi connectivity index (χ4n) is 1.79. The standard InChI is InChI=1S/C17H19NO5/c1-13-4-6-14(7-5-13)21-11-12-23-16(19)8-9-18-17(20)15-3-2-10-22-15/h2-7,10H,8-9,11-12H2,1H3,(H,18,20). The molecule has 0 fully saturated rings. The summed E-state index contributed by atoms with van der Waals surface area (Å²) in [7, 11) is 0. The zero-order valence-electron chi connectivity index (χ0n) is 12.9. The van der Waals surface area contributed by atoms with Gasteiger partial charge in [0.05, 0.1) is 12.7 Å². The minimum atomic E-state index is -0.391. The number of rotatable bonds is 8. The van der Waals surface area contributed by atoms with Gasteiger partial charge >= 0.3 is 5.97 Å².